The Hall–Kier alpha value is -1.95. The Morgan fingerprint density at radius 1 is 1.23 bits per heavy atom. The number of hydrogen-bond acceptors (Lipinski definition) is 5. The van der Waals surface area contributed by atoms with Gasteiger partial charge in [0.15, 0.2) is 11.5 Å². The molecule has 1 N–H and O–H groups in total. The summed E-state index contributed by atoms with van der Waals surface area (Å²) in [6, 6.07) is 3.44. The molecule has 6 nitrogen and oxygen atoms in total. The number of carbonyl (C=O) groups is 1. The summed E-state index contributed by atoms with van der Waals surface area (Å²) in [6.45, 7) is 6.34. The van der Waals surface area contributed by atoms with Crippen LogP contribution in [0.2, 0.25) is 0 Å². The van der Waals surface area contributed by atoms with Crippen LogP contribution < -0.4 is 14.8 Å². The lowest BCUT2D eigenvalue weighted by atomic mass is 10.1. The van der Waals surface area contributed by atoms with Crippen molar-refractivity contribution in [1.29, 1.82) is 0 Å². The molecule has 0 saturated carbocycles. The highest BCUT2D eigenvalue weighted by molar-refractivity contribution is 5.84. The number of morpholine rings is 1. The van der Waals surface area contributed by atoms with Gasteiger partial charge in [0.05, 0.1) is 27.4 Å². The van der Waals surface area contributed by atoms with Crippen molar-refractivity contribution in [2.75, 3.05) is 45.8 Å². The summed E-state index contributed by atoms with van der Waals surface area (Å²) >= 11 is 0. The summed E-state index contributed by atoms with van der Waals surface area (Å²) in [5.41, 5.74) is 1.87. The van der Waals surface area contributed by atoms with E-state index in [9.17, 15) is 4.79 Å². The first-order valence-corrected chi connectivity index (χ1v) is 7.42. The van der Waals surface area contributed by atoms with E-state index < -0.39 is 0 Å². The minimum atomic E-state index is -0.310. The molecule has 22 heavy (non-hydrogen) atoms. The van der Waals surface area contributed by atoms with Crippen LogP contribution in [-0.2, 0) is 9.53 Å². The van der Waals surface area contributed by atoms with E-state index >= 15 is 0 Å². The minimum Gasteiger partial charge on any atom is -0.493 e. The Labute approximate surface area is 131 Å². The van der Waals surface area contributed by atoms with Crippen LogP contribution >= 0.6 is 0 Å². The molecule has 0 bridgehead atoms. The number of hydrogen-bond donors (Lipinski definition) is 1. The molecule has 0 aromatic heterocycles. The lowest BCUT2D eigenvalue weighted by Crippen LogP contribution is -2.47. The van der Waals surface area contributed by atoms with Crippen LogP contribution in [0, 0.1) is 6.92 Å². The van der Waals surface area contributed by atoms with Crippen LogP contribution in [0.1, 0.15) is 12.5 Å². The molecular formula is C16H24N2O4. The predicted molar refractivity (Wildman–Crippen MR) is 84.8 cm³/mol. The maximum atomic E-state index is 12.4. The first kappa shape index (κ1) is 16.4. The molecule has 2 rings (SSSR count). The second-order valence-corrected chi connectivity index (χ2v) is 5.33. The molecule has 1 saturated heterocycles. The Bertz CT molecular complexity index is 527. The molecule has 0 spiro atoms. The second-order valence-electron chi connectivity index (χ2n) is 5.33. The number of nitrogens with zero attached hydrogens (tertiary/aromatic N) is 1. The van der Waals surface area contributed by atoms with E-state index in [1.165, 1.54) is 0 Å². The topological polar surface area (TPSA) is 60.0 Å². The molecule has 1 heterocycles. The predicted octanol–water partition coefficient (Wildman–Crippen LogP) is 1.67. The molecule has 1 aliphatic heterocycles. The summed E-state index contributed by atoms with van der Waals surface area (Å²) in [6.07, 6.45) is 0. The van der Waals surface area contributed by atoms with Crippen molar-refractivity contribution in [1.82, 2.24) is 4.90 Å². The number of benzene rings is 1. The van der Waals surface area contributed by atoms with Gasteiger partial charge in [-0.1, -0.05) is 0 Å². The quantitative estimate of drug-likeness (QED) is 0.896. The lowest BCUT2D eigenvalue weighted by molar-refractivity contribution is -0.135. The zero-order chi connectivity index (χ0) is 16.1. The number of rotatable bonds is 5. The summed E-state index contributed by atoms with van der Waals surface area (Å²) in [7, 11) is 3.20. The van der Waals surface area contributed by atoms with Crippen LogP contribution in [0.3, 0.4) is 0 Å². The van der Waals surface area contributed by atoms with Gasteiger partial charge in [0.2, 0.25) is 5.91 Å². The van der Waals surface area contributed by atoms with Gasteiger partial charge in [0.25, 0.3) is 0 Å². The number of anilines is 1. The van der Waals surface area contributed by atoms with Crippen LogP contribution in [-0.4, -0.2) is 57.4 Å². The van der Waals surface area contributed by atoms with E-state index in [1.807, 2.05) is 30.9 Å². The number of carbonyl (C=O) groups excluding carboxylic acids is 1. The smallest absolute Gasteiger partial charge is 0.244 e. The van der Waals surface area contributed by atoms with E-state index in [0.29, 0.717) is 37.8 Å². The van der Waals surface area contributed by atoms with Crippen LogP contribution in [0.4, 0.5) is 5.69 Å². The molecule has 122 valence electrons. The van der Waals surface area contributed by atoms with Crippen LogP contribution in [0.15, 0.2) is 12.1 Å². The highest BCUT2D eigenvalue weighted by Gasteiger charge is 2.23. The van der Waals surface area contributed by atoms with Gasteiger partial charge in [-0.15, -0.1) is 0 Å². The molecule has 1 aromatic rings. The third-order valence-electron chi connectivity index (χ3n) is 3.80. The average molecular weight is 308 g/mol. The molecule has 1 unspecified atom stereocenters. The van der Waals surface area contributed by atoms with Gasteiger partial charge in [-0.3, -0.25) is 4.79 Å². The first-order chi connectivity index (χ1) is 10.6. The van der Waals surface area contributed by atoms with Gasteiger partial charge in [-0.2, -0.15) is 0 Å². The van der Waals surface area contributed by atoms with Crippen molar-refractivity contribution < 1.29 is 19.0 Å². The minimum absolute atomic E-state index is 0.0810. The van der Waals surface area contributed by atoms with Crippen LogP contribution in [0.25, 0.3) is 0 Å². The molecule has 1 atom stereocenters. The van der Waals surface area contributed by atoms with Crippen LogP contribution in [0.5, 0.6) is 11.5 Å². The van der Waals surface area contributed by atoms with Gasteiger partial charge in [0.1, 0.15) is 6.04 Å². The van der Waals surface area contributed by atoms with Crippen molar-refractivity contribution in [3.05, 3.63) is 17.7 Å². The van der Waals surface area contributed by atoms with E-state index in [-0.39, 0.29) is 11.9 Å². The summed E-state index contributed by atoms with van der Waals surface area (Å²) in [4.78, 5) is 14.3. The van der Waals surface area contributed by atoms with Gasteiger partial charge in [-0.25, -0.2) is 0 Å². The summed E-state index contributed by atoms with van der Waals surface area (Å²) < 4.78 is 15.9. The van der Waals surface area contributed by atoms with Crippen molar-refractivity contribution in [2.24, 2.45) is 0 Å². The number of nitrogens with one attached hydrogen (secondary N) is 1. The average Bonchev–Trinajstić information content (AvgIpc) is 2.56. The van der Waals surface area contributed by atoms with Gasteiger partial charge < -0.3 is 24.4 Å². The number of methoxy groups -OCH3 is 2. The molecule has 1 aliphatic rings. The van der Waals surface area contributed by atoms with E-state index in [1.54, 1.807) is 14.2 Å². The van der Waals surface area contributed by atoms with E-state index in [0.717, 1.165) is 11.3 Å². The second kappa shape index (κ2) is 7.35. The fourth-order valence-electron chi connectivity index (χ4n) is 2.49. The molecule has 0 aliphatic carbocycles. The normalized spacial score (nSPS) is 16.1. The Kier molecular flexibility index (Phi) is 5.49. The SMILES string of the molecule is COc1cc(C)c(NC(C)C(=O)N2CCOCC2)cc1OC. The van der Waals surface area contributed by atoms with Crippen molar-refractivity contribution in [3.63, 3.8) is 0 Å². The maximum Gasteiger partial charge on any atom is 0.244 e. The van der Waals surface area contributed by atoms with E-state index in [4.69, 9.17) is 14.2 Å². The van der Waals surface area contributed by atoms with Gasteiger partial charge in [-0.05, 0) is 25.5 Å². The first-order valence-electron chi connectivity index (χ1n) is 7.42. The third kappa shape index (κ3) is 3.62. The number of amides is 1. The number of aryl methyl sites for hydroxylation is 1. The zero-order valence-electron chi connectivity index (χ0n) is 13.6. The fraction of sp³-hybridized carbons (Fsp3) is 0.562. The summed E-state index contributed by atoms with van der Waals surface area (Å²) in [5, 5.41) is 3.27. The molecule has 1 fully saturated rings. The van der Waals surface area contributed by atoms with Crippen molar-refractivity contribution in [3.8, 4) is 11.5 Å². The fourth-order valence-corrected chi connectivity index (χ4v) is 2.49. The van der Waals surface area contributed by atoms with E-state index in [2.05, 4.69) is 5.32 Å². The van der Waals surface area contributed by atoms with Crippen molar-refractivity contribution in [2.45, 2.75) is 19.9 Å². The van der Waals surface area contributed by atoms with Gasteiger partial charge in [0, 0.05) is 24.8 Å². The van der Waals surface area contributed by atoms with Gasteiger partial charge >= 0.3 is 0 Å². The monoisotopic (exact) mass is 308 g/mol. The zero-order valence-corrected chi connectivity index (χ0v) is 13.6. The third-order valence-corrected chi connectivity index (χ3v) is 3.80. The lowest BCUT2D eigenvalue weighted by Gasteiger charge is -2.30. The Balaban J connectivity index is 2.10. The maximum absolute atomic E-state index is 12.4. The number of ether oxygens (including phenoxy) is 3. The molecule has 1 aromatic carbocycles. The van der Waals surface area contributed by atoms with Crippen molar-refractivity contribution >= 4 is 11.6 Å². The largest absolute Gasteiger partial charge is 0.493 e. The molecule has 6 heteroatoms. The molecule has 1 amide bonds. The Morgan fingerprint density at radius 3 is 2.41 bits per heavy atom. The standard InChI is InChI=1S/C16H24N2O4/c1-11-9-14(20-3)15(21-4)10-13(11)17-12(2)16(19)18-5-7-22-8-6-18/h9-10,12,17H,5-8H2,1-4H3. The Morgan fingerprint density at radius 2 is 1.82 bits per heavy atom. The summed E-state index contributed by atoms with van der Waals surface area (Å²) in [5.74, 6) is 1.40. The molecular weight excluding hydrogens is 284 g/mol. The highest BCUT2D eigenvalue weighted by Crippen LogP contribution is 2.33. The highest BCUT2D eigenvalue weighted by atomic mass is 16.5. The molecule has 0 radical (unpaired) electrons.